The van der Waals surface area contributed by atoms with Gasteiger partial charge in [0.05, 0.1) is 35.8 Å². The van der Waals surface area contributed by atoms with Crippen LogP contribution in [0.2, 0.25) is 0 Å². The van der Waals surface area contributed by atoms with Crippen molar-refractivity contribution >= 4 is 76.8 Å². The molecule has 0 amide bonds. The molecule has 0 heterocycles. The highest BCUT2D eigenvalue weighted by atomic mass is 35.5. The molecule has 0 aliphatic rings. The third-order valence-electron chi connectivity index (χ3n) is 1.25. The van der Waals surface area contributed by atoms with E-state index in [1.54, 1.807) is 0 Å². The maximum absolute atomic E-state index is 5.73. The summed E-state index contributed by atoms with van der Waals surface area (Å²) in [5.74, 6) is 0.442. The summed E-state index contributed by atoms with van der Waals surface area (Å²) in [6.07, 6.45) is 0. The zero-order chi connectivity index (χ0) is 12.6. The van der Waals surface area contributed by atoms with Gasteiger partial charge in [0.2, 0.25) is 0 Å². The van der Waals surface area contributed by atoms with E-state index in [4.69, 9.17) is 79.1 Å². The van der Waals surface area contributed by atoms with E-state index in [2.05, 4.69) is 4.08 Å². The third-order valence-corrected chi connectivity index (χ3v) is 5.61. The molecule has 0 N–H and O–H groups in total. The minimum absolute atomic E-state index is 0.0862. The first-order valence-electron chi connectivity index (χ1n) is 4.07. The standard InChI is InChI=1S/C6H10Cl5O3PS/c7-1-5(9)3-12-15(16,14-11)13-4-6(10)2-8/h5-6H,1-4H2. The molecule has 2 atom stereocenters. The van der Waals surface area contributed by atoms with Crippen molar-refractivity contribution in [2.24, 2.45) is 0 Å². The Labute approximate surface area is 125 Å². The van der Waals surface area contributed by atoms with E-state index in [0.717, 1.165) is 0 Å². The Hall–Kier alpha value is 1.98. The molecule has 0 saturated heterocycles. The lowest BCUT2D eigenvalue weighted by atomic mass is 10.5. The second-order valence-electron chi connectivity index (χ2n) is 2.61. The lowest BCUT2D eigenvalue weighted by molar-refractivity contribution is 0.209. The van der Waals surface area contributed by atoms with Crippen LogP contribution in [0.15, 0.2) is 0 Å². The smallest absolute Gasteiger partial charge is 0.306 e. The number of alkyl halides is 4. The highest BCUT2D eigenvalue weighted by molar-refractivity contribution is 8.07. The van der Waals surface area contributed by atoms with E-state index in [1.165, 1.54) is 0 Å². The van der Waals surface area contributed by atoms with Crippen molar-refractivity contribution < 1.29 is 13.1 Å². The van der Waals surface area contributed by atoms with Crippen LogP contribution in [0.4, 0.5) is 0 Å². The Bertz CT molecular complexity index is 216. The predicted molar refractivity (Wildman–Crippen MR) is 73.8 cm³/mol. The Morgan fingerprint density at radius 1 is 1.00 bits per heavy atom. The normalized spacial score (nSPS) is 19.1. The van der Waals surface area contributed by atoms with Crippen LogP contribution in [0.5, 0.6) is 0 Å². The van der Waals surface area contributed by atoms with Gasteiger partial charge in [-0.25, -0.2) is 0 Å². The molecule has 0 aliphatic carbocycles. The van der Waals surface area contributed by atoms with Gasteiger partial charge in [-0.2, -0.15) is 4.08 Å². The van der Waals surface area contributed by atoms with Crippen LogP contribution < -0.4 is 0 Å². The number of hydrogen-bond acceptors (Lipinski definition) is 4. The first-order valence-corrected chi connectivity index (χ1v) is 8.87. The molecular weight excluding hydrogens is 360 g/mol. The van der Waals surface area contributed by atoms with Gasteiger partial charge in [0.1, 0.15) is 0 Å². The Morgan fingerprint density at radius 2 is 1.38 bits per heavy atom. The van der Waals surface area contributed by atoms with Crippen LogP contribution in [0, 0.1) is 0 Å². The quantitative estimate of drug-likeness (QED) is 0.451. The van der Waals surface area contributed by atoms with E-state index in [1.807, 2.05) is 0 Å². The molecule has 98 valence electrons. The lowest BCUT2D eigenvalue weighted by Crippen LogP contribution is -2.13. The van der Waals surface area contributed by atoms with Crippen LogP contribution in [-0.4, -0.2) is 35.7 Å². The molecule has 2 unspecified atom stereocenters. The van der Waals surface area contributed by atoms with E-state index >= 15 is 0 Å². The zero-order valence-electron chi connectivity index (χ0n) is 7.95. The fourth-order valence-electron chi connectivity index (χ4n) is 0.511. The molecule has 10 heteroatoms. The van der Waals surface area contributed by atoms with Gasteiger partial charge in [-0.05, 0) is 11.8 Å². The average Bonchev–Trinajstić information content (AvgIpc) is 2.32. The molecular formula is C6H10Cl5O3PS. The first-order chi connectivity index (χ1) is 7.47. The minimum Gasteiger partial charge on any atom is -0.306 e. The van der Waals surface area contributed by atoms with Crippen LogP contribution >= 0.6 is 65.0 Å². The summed E-state index contributed by atoms with van der Waals surface area (Å²) in [6.45, 7) is -2.85. The Kier molecular flexibility index (Phi) is 11.1. The topological polar surface area (TPSA) is 27.7 Å². The highest BCUT2D eigenvalue weighted by Crippen LogP contribution is 2.51. The van der Waals surface area contributed by atoms with Crippen LogP contribution in [0.25, 0.3) is 0 Å². The minimum atomic E-state index is -3.02. The molecule has 0 aliphatic heterocycles. The molecule has 0 aromatic rings. The van der Waals surface area contributed by atoms with Gasteiger partial charge >= 0.3 is 6.72 Å². The van der Waals surface area contributed by atoms with Crippen molar-refractivity contribution in [1.29, 1.82) is 0 Å². The summed E-state index contributed by atoms with van der Waals surface area (Å²) in [6, 6.07) is 0. The SMILES string of the molecule is S=P(OCl)(OCC(Cl)CCl)OCC(Cl)CCl. The van der Waals surface area contributed by atoms with E-state index < -0.39 is 6.72 Å². The van der Waals surface area contributed by atoms with E-state index in [-0.39, 0.29) is 35.7 Å². The van der Waals surface area contributed by atoms with Crippen molar-refractivity contribution in [1.82, 2.24) is 0 Å². The van der Waals surface area contributed by atoms with Gasteiger partial charge in [0.25, 0.3) is 0 Å². The lowest BCUT2D eigenvalue weighted by Gasteiger charge is -2.19. The first kappa shape index (κ1) is 18.0. The Balaban J connectivity index is 4.05. The molecule has 0 saturated carbocycles. The van der Waals surface area contributed by atoms with Crippen LogP contribution in [0.3, 0.4) is 0 Å². The third kappa shape index (κ3) is 8.15. The van der Waals surface area contributed by atoms with Gasteiger partial charge in [-0.15, -0.1) is 46.4 Å². The molecule has 0 aromatic carbocycles. The van der Waals surface area contributed by atoms with Crippen LogP contribution in [0.1, 0.15) is 0 Å². The molecule has 0 bridgehead atoms. The van der Waals surface area contributed by atoms with E-state index in [0.29, 0.717) is 0 Å². The second-order valence-corrected chi connectivity index (χ2v) is 7.77. The predicted octanol–water partition coefficient (Wildman–Crippen LogP) is 4.11. The fraction of sp³-hybridized carbons (Fsp3) is 1.00. The molecule has 0 fully saturated rings. The number of halogens is 5. The average molecular weight is 370 g/mol. The summed E-state index contributed by atoms with van der Waals surface area (Å²) in [5, 5.41) is -0.779. The summed E-state index contributed by atoms with van der Waals surface area (Å²) in [4.78, 5) is 0. The highest BCUT2D eigenvalue weighted by Gasteiger charge is 2.23. The second kappa shape index (κ2) is 9.85. The van der Waals surface area contributed by atoms with Gasteiger partial charge in [-0.3, -0.25) is 0 Å². The summed E-state index contributed by atoms with van der Waals surface area (Å²) >= 11 is 32.6. The maximum Gasteiger partial charge on any atom is 0.344 e. The molecule has 16 heavy (non-hydrogen) atoms. The molecule has 0 spiro atoms. The molecule has 0 aromatic heterocycles. The fourth-order valence-corrected chi connectivity index (χ4v) is 2.47. The van der Waals surface area contributed by atoms with Crippen molar-refractivity contribution in [2.45, 2.75) is 10.8 Å². The van der Waals surface area contributed by atoms with Crippen molar-refractivity contribution in [2.75, 3.05) is 25.0 Å². The van der Waals surface area contributed by atoms with Crippen molar-refractivity contribution in [3.8, 4) is 0 Å². The Morgan fingerprint density at radius 3 is 1.62 bits per heavy atom. The summed E-state index contributed by atoms with van der Waals surface area (Å²) in [5.41, 5.74) is 0. The molecule has 3 nitrogen and oxygen atoms in total. The van der Waals surface area contributed by atoms with Gasteiger partial charge in [-0.1, -0.05) is 0 Å². The van der Waals surface area contributed by atoms with Gasteiger partial charge < -0.3 is 9.05 Å². The number of rotatable bonds is 9. The zero-order valence-corrected chi connectivity index (χ0v) is 13.4. The van der Waals surface area contributed by atoms with Crippen molar-refractivity contribution in [3.63, 3.8) is 0 Å². The largest absolute Gasteiger partial charge is 0.344 e. The van der Waals surface area contributed by atoms with Crippen molar-refractivity contribution in [3.05, 3.63) is 0 Å². The summed E-state index contributed by atoms with van der Waals surface area (Å²) in [7, 11) is 0. The maximum atomic E-state index is 5.73. The monoisotopic (exact) mass is 368 g/mol. The van der Waals surface area contributed by atoms with E-state index in [9.17, 15) is 0 Å². The van der Waals surface area contributed by atoms with Gasteiger partial charge in [0.15, 0.2) is 0 Å². The van der Waals surface area contributed by atoms with Gasteiger partial charge in [0, 0.05) is 11.8 Å². The molecule has 0 radical (unpaired) electrons. The summed E-state index contributed by atoms with van der Waals surface area (Å²) < 4.78 is 14.8. The number of hydrogen-bond donors (Lipinski definition) is 0. The molecule has 0 rings (SSSR count). The van der Waals surface area contributed by atoms with Crippen LogP contribution in [-0.2, 0) is 24.9 Å².